The number of ether oxygens (including phenoxy) is 1. The predicted molar refractivity (Wildman–Crippen MR) is 45.8 cm³/mol. The molecule has 1 aromatic heterocycles. The maximum atomic E-state index is 12.5. The highest BCUT2D eigenvalue weighted by Gasteiger charge is 2.40. The van der Waals surface area contributed by atoms with E-state index in [9.17, 15) is 22.0 Å². The van der Waals surface area contributed by atoms with Crippen molar-refractivity contribution in [1.29, 1.82) is 0 Å². The van der Waals surface area contributed by atoms with E-state index in [-0.39, 0.29) is 0 Å². The van der Waals surface area contributed by atoms with Crippen LogP contribution >= 0.6 is 11.6 Å². The highest BCUT2D eigenvalue weighted by molar-refractivity contribution is 6.29. The number of aromatic nitrogens is 1. The second kappa shape index (κ2) is 4.40. The first-order valence-corrected chi connectivity index (χ1v) is 4.25. The molecule has 0 aliphatic rings. The summed E-state index contributed by atoms with van der Waals surface area (Å²) in [6.45, 7) is 0. The van der Waals surface area contributed by atoms with Crippen LogP contribution in [0.2, 0.25) is 5.15 Å². The van der Waals surface area contributed by atoms with E-state index in [2.05, 4.69) is 9.72 Å². The van der Waals surface area contributed by atoms with Gasteiger partial charge in [-0.15, -0.1) is 0 Å². The minimum absolute atomic E-state index is 0.470. The third-order valence-electron chi connectivity index (χ3n) is 1.70. The Morgan fingerprint density at radius 2 is 1.94 bits per heavy atom. The summed E-state index contributed by atoms with van der Waals surface area (Å²) in [5.41, 5.74) is -2.85. The molecule has 16 heavy (non-hydrogen) atoms. The van der Waals surface area contributed by atoms with Crippen LogP contribution in [0, 0.1) is 0 Å². The number of rotatable bonds is 2. The fourth-order valence-electron chi connectivity index (χ4n) is 1.11. The van der Waals surface area contributed by atoms with Crippen molar-refractivity contribution in [3.05, 3.63) is 22.3 Å². The number of pyridine rings is 1. The first-order valence-electron chi connectivity index (χ1n) is 3.87. The quantitative estimate of drug-likeness (QED) is 0.598. The Kier molecular flexibility index (Phi) is 3.57. The number of alkyl halides is 5. The second-order valence-electron chi connectivity index (χ2n) is 2.72. The van der Waals surface area contributed by atoms with Crippen LogP contribution in [0.5, 0.6) is 5.88 Å². The van der Waals surface area contributed by atoms with Crippen molar-refractivity contribution in [2.24, 2.45) is 0 Å². The van der Waals surface area contributed by atoms with E-state index in [1.54, 1.807) is 0 Å². The van der Waals surface area contributed by atoms with Gasteiger partial charge in [-0.3, -0.25) is 0 Å². The first kappa shape index (κ1) is 13.0. The zero-order valence-electron chi connectivity index (χ0n) is 7.78. The maximum absolute atomic E-state index is 12.5. The van der Waals surface area contributed by atoms with Crippen molar-refractivity contribution >= 4 is 11.6 Å². The monoisotopic (exact) mass is 261 g/mol. The lowest BCUT2D eigenvalue weighted by Gasteiger charge is -2.15. The van der Waals surface area contributed by atoms with Crippen LogP contribution in [0.3, 0.4) is 0 Å². The minimum atomic E-state index is -4.98. The summed E-state index contributed by atoms with van der Waals surface area (Å²) in [4.78, 5) is 3.19. The molecule has 1 rings (SSSR count). The zero-order valence-corrected chi connectivity index (χ0v) is 8.53. The van der Waals surface area contributed by atoms with Gasteiger partial charge in [0.25, 0.3) is 6.43 Å². The number of hydrogen-bond acceptors (Lipinski definition) is 2. The van der Waals surface area contributed by atoms with Gasteiger partial charge in [0.2, 0.25) is 5.88 Å². The summed E-state index contributed by atoms with van der Waals surface area (Å²) < 4.78 is 66.6. The Morgan fingerprint density at radius 1 is 1.38 bits per heavy atom. The van der Waals surface area contributed by atoms with Gasteiger partial charge >= 0.3 is 6.18 Å². The molecule has 0 bridgehead atoms. The van der Waals surface area contributed by atoms with Gasteiger partial charge in [-0.05, 0) is 6.07 Å². The molecule has 2 nitrogen and oxygen atoms in total. The maximum Gasteiger partial charge on any atom is 0.422 e. The Hall–Kier alpha value is -1.11. The van der Waals surface area contributed by atoms with Gasteiger partial charge in [0, 0.05) is 5.56 Å². The molecule has 0 spiro atoms. The zero-order chi connectivity index (χ0) is 12.5. The van der Waals surface area contributed by atoms with Crippen LogP contribution in [-0.4, -0.2) is 12.1 Å². The molecule has 0 atom stereocenters. The molecule has 0 fully saturated rings. The van der Waals surface area contributed by atoms with Gasteiger partial charge < -0.3 is 4.74 Å². The average Bonchev–Trinajstić information content (AvgIpc) is 2.14. The van der Waals surface area contributed by atoms with Crippen molar-refractivity contribution in [2.45, 2.75) is 12.6 Å². The highest BCUT2D eigenvalue weighted by atomic mass is 35.5. The van der Waals surface area contributed by atoms with Crippen LogP contribution in [-0.2, 0) is 6.18 Å². The molecule has 0 amide bonds. The molecular formula is C8H5ClF5NO. The Balaban J connectivity index is 3.52. The van der Waals surface area contributed by atoms with Gasteiger partial charge in [-0.25, -0.2) is 13.8 Å². The Labute approximate surface area is 92.0 Å². The lowest BCUT2D eigenvalue weighted by atomic mass is 10.1. The van der Waals surface area contributed by atoms with Crippen LogP contribution in [0.4, 0.5) is 22.0 Å². The van der Waals surface area contributed by atoms with Crippen molar-refractivity contribution in [1.82, 2.24) is 4.98 Å². The van der Waals surface area contributed by atoms with Gasteiger partial charge in [0.15, 0.2) is 0 Å². The predicted octanol–water partition coefficient (Wildman–Crippen LogP) is 3.70. The molecule has 0 N–H and O–H groups in total. The van der Waals surface area contributed by atoms with E-state index in [4.69, 9.17) is 11.6 Å². The fourth-order valence-corrected chi connectivity index (χ4v) is 1.31. The smallest absolute Gasteiger partial charge is 0.422 e. The molecule has 0 unspecified atom stereocenters. The van der Waals surface area contributed by atoms with Gasteiger partial charge in [-0.1, -0.05) is 11.6 Å². The fraction of sp³-hybridized carbons (Fsp3) is 0.375. The van der Waals surface area contributed by atoms with E-state index >= 15 is 0 Å². The first-order chi connectivity index (χ1) is 7.27. The van der Waals surface area contributed by atoms with E-state index in [1.807, 2.05) is 0 Å². The third-order valence-corrected chi connectivity index (χ3v) is 1.89. The topological polar surface area (TPSA) is 22.1 Å². The van der Waals surface area contributed by atoms with Crippen LogP contribution < -0.4 is 4.74 Å². The number of nitrogens with zero attached hydrogens (tertiary/aromatic N) is 1. The van der Waals surface area contributed by atoms with Crippen molar-refractivity contribution < 1.29 is 26.7 Å². The van der Waals surface area contributed by atoms with Gasteiger partial charge in [0.1, 0.15) is 10.7 Å². The van der Waals surface area contributed by atoms with E-state index in [1.165, 1.54) is 0 Å². The summed E-state index contributed by atoms with van der Waals surface area (Å²) in [6.07, 6.45) is -8.29. The van der Waals surface area contributed by atoms with Gasteiger partial charge in [-0.2, -0.15) is 13.2 Å². The van der Waals surface area contributed by atoms with Crippen molar-refractivity contribution in [3.8, 4) is 5.88 Å². The SMILES string of the molecule is COc1nc(Cl)cc(C(F)F)c1C(F)(F)F. The van der Waals surface area contributed by atoms with E-state index < -0.39 is 34.8 Å². The molecule has 0 saturated carbocycles. The summed E-state index contributed by atoms with van der Waals surface area (Å²) in [6, 6.07) is 0.470. The lowest BCUT2D eigenvalue weighted by molar-refractivity contribution is -0.141. The lowest BCUT2D eigenvalue weighted by Crippen LogP contribution is -2.13. The van der Waals surface area contributed by atoms with Crippen LogP contribution in [0.15, 0.2) is 6.07 Å². The van der Waals surface area contributed by atoms with Gasteiger partial charge in [0.05, 0.1) is 7.11 Å². The number of halogens is 6. The number of hydrogen-bond donors (Lipinski definition) is 0. The molecule has 1 aromatic rings. The second-order valence-corrected chi connectivity index (χ2v) is 3.10. The number of methoxy groups -OCH3 is 1. The molecule has 0 aliphatic carbocycles. The molecule has 0 radical (unpaired) electrons. The largest absolute Gasteiger partial charge is 0.481 e. The van der Waals surface area contributed by atoms with E-state index in [0.717, 1.165) is 7.11 Å². The summed E-state index contributed by atoms with van der Waals surface area (Å²) in [7, 11) is 0.892. The van der Waals surface area contributed by atoms with Crippen LogP contribution in [0.1, 0.15) is 17.6 Å². The summed E-state index contributed by atoms with van der Waals surface area (Å²) in [5.74, 6) is -0.963. The van der Waals surface area contributed by atoms with Crippen molar-refractivity contribution in [2.75, 3.05) is 7.11 Å². The molecule has 8 heteroatoms. The molecular weight excluding hydrogens is 257 g/mol. The summed E-state index contributed by atoms with van der Waals surface area (Å²) >= 11 is 5.30. The Bertz CT molecular complexity index is 393. The third kappa shape index (κ3) is 2.52. The molecule has 0 aliphatic heterocycles. The standard InChI is InChI=1S/C8H5ClF5NO/c1-16-7-5(8(12,13)14)3(6(10)11)2-4(9)15-7/h2,6H,1H3. The molecule has 1 heterocycles. The summed E-state index contributed by atoms with van der Waals surface area (Å²) in [5, 5.41) is -0.486. The van der Waals surface area contributed by atoms with Crippen molar-refractivity contribution in [3.63, 3.8) is 0 Å². The van der Waals surface area contributed by atoms with Crippen LogP contribution in [0.25, 0.3) is 0 Å². The average molecular weight is 262 g/mol. The minimum Gasteiger partial charge on any atom is -0.481 e. The molecule has 0 aromatic carbocycles. The Morgan fingerprint density at radius 3 is 2.31 bits per heavy atom. The molecule has 0 saturated heterocycles. The normalized spacial score (nSPS) is 12.0. The van der Waals surface area contributed by atoms with E-state index in [0.29, 0.717) is 6.07 Å². The molecule has 90 valence electrons. The highest BCUT2D eigenvalue weighted by Crippen LogP contribution is 2.41.